The Morgan fingerprint density at radius 3 is 2.53 bits per heavy atom. The van der Waals surface area contributed by atoms with Crippen LogP contribution in [0.4, 0.5) is 0 Å². The van der Waals surface area contributed by atoms with Crippen molar-refractivity contribution >= 4 is 9.84 Å². The van der Waals surface area contributed by atoms with Crippen LogP contribution in [0.15, 0.2) is 0 Å². The molecule has 0 aromatic rings. The van der Waals surface area contributed by atoms with E-state index < -0.39 is 9.84 Å². The fourth-order valence-electron chi connectivity index (χ4n) is 3.97. The molecule has 0 bridgehead atoms. The van der Waals surface area contributed by atoms with E-state index in [9.17, 15) is 8.42 Å². The van der Waals surface area contributed by atoms with Gasteiger partial charge in [0.05, 0.1) is 5.25 Å². The van der Waals surface area contributed by atoms with E-state index in [0.717, 1.165) is 37.6 Å². The summed E-state index contributed by atoms with van der Waals surface area (Å²) in [5.41, 5.74) is 0. The summed E-state index contributed by atoms with van der Waals surface area (Å²) in [4.78, 5) is 0. The SMILES string of the molecule is CC1CCCC(CCNC2CCCC2S(C)(=O)=O)C1. The number of hydrogen-bond acceptors (Lipinski definition) is 3. The molecule has 2 aliphatic carbocycles. The molecule has 4 unspecified atom stereocenters. The average Bonchev–Trinajstić information content (AvgIpc) is 2.77. The monoisotopic (exact) mass is 287 g/mol. The minimum atomic E-state index is -2.88. The zero-order valence-corrected chi connectivity index (χ0v) is 13.2. The molecule has 3 nitrogen and oxygen atoms in total. The molecule has 0 aromatic heterocycles. The second-order valence-corrected chi connectivity index (χ2v) is 9.05. The Morgan fingerprint density at radius 2 is 1.84 bits per heavy atom. The van der Waals surface area contributed by atoms with Gasteiger partial charge in [-0.25, -0.2) is 8.42 Å². The molecule has 2 rings (SSSR count). The first-order valence-corrected chi connectivity index (χ1v) is 9.84. The maximum absolute atomic E-state index is 11.7. The van der Waals surface area contributed by atoms with Crippen molar-refractivity contribution < 1.29 is 8.42 Å². The molecule has 0 radical (unpaired) electrons. The van der Waals surface area contributed by atoms with Crippen LogP contribution in [-0.4, -0.2) is 32.5 Å². The van der Waals surface area contributed by atoms with Crippen molar-refractivity contribution in [3.8, 4) is 0 Å². The summed E-state index contributed by atoms with van der Waals surface area (Å²) in [5.74, 6) is 1.74. The van der Waals surface area contributed by atoms with Crippen molar-refractivity contribution in [3.05, 3.63) is 0 Å². The van der Waals surface area contributed by atoms with Gasteiger partial charge in [-0.3, -0.25) is 0 Å². The van der Waals surface area contributed by atoms with Gasteiger partial charge >= 0.3 is 0 Å². The largest absolute Gasteiger partial charge is 0.313 e. The first kappa shape index (κ1) is 15.3. The highest BCUT2D eigenvalue weighted by molar-refractivity contribution is 7.91. The summed E-state index contributed by atoms with van der Waals surface area (Å²) in [6, 6.07) is 0.205. The topological polar surface area (TPSA) is 46.2 Å². The molecule has 2 fully saturated rings. The van der Waals surface area contributed by atoms with Gasteiger partial charge in [0.1, 0.15) is 0 Å². The zero-order chi connectivity index (χ0) is 13.9. The Kier molecular flexibility index (Phi) is 5.29. The fraction of sp³-hybridized carbons (Fsp3) is 1.00. The minimum absolute atomic E-state index is 0.141. The number of sulfone groups is 1. The summed E-state index contributed by atoms with van der Waals surface area (Å²) >= 11 is 0. The number of nitrogens with one attached hydrogen (secondary N) is 1. The fourth-order valence-corrected chi connectivity index (χ4v) is 5.39. The molecular weight excluding hydrogens is 258 g/mol. The van der Waals surface area contributed by atoms with Crippen LogP contribution < -0.4 is 5.32 Å². The maximum Gasteiger partial charge on any atom is 0.151 e. The van der Waals surface area contributed by atoms with E-state index in [0.29, 0.717) is 0 Å². The molecule has 0 saturated heterocycles. The van der Waals surface area contributed by atoms with Gasteiger partial charge in [-0.2, -0.15) is 0 Å². The summed E-state index contributed by atoms with van der Waals surface area (Å²) in [6.07, 6.45) is 11.0. The van der Waals surface area contributed by atoms with Gasteiger partial charge in [0.15, 0.2) is 9.84 Å². The zero-order valence-electron chi connectivity index (χ0n) is 12.4. The van der Waals surface area contributed by atoms with E-state index in [-0.39, 0.29) is 11.3 Å². The van der Waals surface area contributed by atoms with Gasteiger partial charge in [-0.15, -0.1) is 0 Å². The third-order valence-electron chi connectivity index (χ3n) is 5.01. The van der Waals surface area contributed by atoms with Crippen molar-refractivity contribution in [2.24, 2.45) is 11.8 Å². The van der Waals surface area contributed by atoms with Gasteiger partial charge in [-0.05, 0) is 44.1 Å². The number of rotatable bonds is 5. The van der Waals surface area contributed by atoms with Crippen molar-refractivity contribution in [1.29, 1.82) is 0 Å². The molecule has 112 valence electrons. The van der Waals surface area contributed by atoms with Crippen molar-refractivity contribution in [1.82, 2.24) is 5.32 Å². The van der Waals surface area contributed by atoms with Crippen LogP contribution in [-0.2, 0) is 9.84 Å². The van der Waals surface area contributed by atoms with E-state index in [1.807, 2.05) is 0 Å². The van der Waals surface area contributed by atoms with Crippen LogP contribution in [0.3, 0.4) is 0 Å². The quantitative estimate of drug-likeness (QED) is 0.845. The summed E-state index contributed by atoms with van der Waals surface area (Å²) in [7, 11) is -2.88. The normalized spacial score (nSPS) is 36.5. The lowest BCUT2D eigenvalue weighted by Crippen LogP contribution is -2.40. The Morgan fingerprint density at radius 1 is 1.11 bits per heavy atom. The van der Waals surface area contributed by atoms with Crippen LogP contribution in [0.2, 0.25) is 0 Å². The second kappa shape index (κ2) is 6.57. The van der Waals surface area contributed by atoms with E-state index in [1.54, 1.807) is 0 Å². The standard InChI is InChI=1S/C15H29NO2S/c1-12-5-3-6-13(11-12)9-10-16-14-7-4-8-15(14)19(2,17)18/h12-16H,3-11H2,1-2H3. The van der Waals surface area contributed by atoms with Gasteiger partial charge in [0.25, 0.3) is 0 Å². The van der Waals surface area contributed by atoms with Crippen LogP contribution in [0.1, 0.15) is 58.3 Å². The molecule has 0 spiro atoms. The van der Waals surface area contributed by atoms with Gasteiger partial charge in [0.2, 0.25) is 0 Å². The van der Waals surface area contributed by atoms with Gasteiger partial charge in [0, 0.05) is 12.3 Å². The van der Waals surface area contributed by atoms with Crippen LogP contribution in [0.5, 0.6) is 0 Å². The van der Waals surface area contributed by atoms with Crippen LogP contribution in [0.25, 0.3) is 0 Å². The average molecular weight is 287 g/mol. The van der Waals surface area contributed by atoms with E-state index >= 15 is 0 Å². The van der Waals surface area contributed by atoms with Crippen molar-refractivity contribution in [2.45, 2.75) is 69.6 Å². The Bertz CT molecular complexity index is 380. The third kappa shape index (κ3) is 4.45. The molecule has 4 atom stereocenters. The smallest absolute Gasteiger partial charge is 0.151 e. The highest BCUT2D eigenvalue weighted by Gasteiger charge is 2.34. The molecule has 19 heavy (non-hydrogen) atoms. The Labute approximate surface area is 118 Å². The molecule has 0 aliphatic heterocycles. The maximum atomic E-state index is 11.7. The highest BCUT2D eigenvalue weighted by Crippen LogP contribution is 2.31. The summed E-state index contributed by atoms with van der Waals surface area (Å²) < 4.78 is 23.4. The molecule has 2 aliphatic rings. The molecule has 4 heteroatoms. The van der Waals surface area contributed by atoms with Crippen LogP contribution in [0, 0.1) is 11.8 Å². The molecule has 0 amide bonds. The first-order valence-electron chi connectivity index (χ1n) is 7.89. The highest BCUT2D eigenvalue weighted by atomic mass is 32.2. The van der Waals surface area contributed by atoms with E-state index in [4.69, 9.17) is 0 Å². The Hall–Kier alpha value is -0.0900. The summed E-state index contributed by atoms with van der Waals surface area (Å²) in [6.45, 7) is 3.35. The molecule has 0 heterocycles. The predicted molar refractivity (Wildman–Crippen MR) is 80.0 cm³/mol. The summed E-state index contributed by atoms with van der Waals surface area (Å²) in [5, 5.41) is 3.38. The first-order chi connectivity index (χ1) is 8.97. The lowest BCUT2D eigenvalue weighted by molar-refractivity contribution is 0.265. The van der Waals surface area contributed by atoms with Crippen molar-refractivity contribution in [3.63, 3.8) is 0 Å². The number of hydrogen-bond donors (Lipinski definition) is 1. The van der Waals surface area contributed by atoms with E-state index in [2.05, 4.69) is 12.2 Å². The lowest BCUT2D eigenvalue weighted by Gasteiger charge is -2.27. The lowest BCUT2D eigenvalue weighted by atomic mass is 9.81. The molecule has 2 saturated carbocycles. The molecule has 0 aromatic carbocycles. The minimum Gasteiger partial charge on any atom is -0.313 e. The second-order valence-electron chi connectivity index (χ2n) is 6.79. The van der Waals surface area contributed by atoms with Gasteiger partial charge < -0.3 is 5.32 Å². The molecular formula is C15H29NO2S. The third-order valence-corrected chi connectivity index (χ3v) is 6.67. The Balaban J connectivity index is 1.73. The predicted octanol–water partition coefficient (Wildman–Crippen LogP) is 2.76. The van der Waals surface area contributed by atoms with E-state index in [1.165, 1.54) is 38.4 Å². The molecule has 1 N–H and O–H groups in total. The van der Waals surface area contributed by atoms with Crippen molar-refractivity contribution in [2.75, 3.05) is 12.8 Å². The van der Waals surface area contributed by atoms with Gasteiger partial charge in [-0.1, -0.05) is 32.6 Å². The van der Waals surface area contributed by atoms with Crippen LogP contribution >= 0.6 is 0 Å².